The molecule has 2 amide bonds. The highest BCUT2D eigenvalue weighted by Gasteiger charge is 2.06. The Bertz CT molecular complexity index is 1040. The van der Waals surface area contributed by atoms with Gasteiger partial charge in [-0.05, 0) is 29.8 Å². The molecule has 0 saturated carbocycles. The summed E-state index contributed by atoms with van der Waals surface area (Å²) in [6.07, 6.45) is 1.55. The number of anilines is 1. The van der Waals surface area contributed by atoms with Crippen LogP contribution in [0.2, 0.25) is 0 Å². The van der Waals surface area contributed by atoms with E-state index < -0.39 is 0 Å². The van der Waals surface area contributed by atoms with Gasteiger partial charge in [0.1, 0.15) is 6.33 Å². The smallest absolute Gasteiger partial charge is 0.319 e. The molecule has 2 N–H and O–H groups in total. The van der Waals surface area contributed by atoms with Gasteiger partial charge in [0.2, 0.25) is 0 Å². The van der Waals surface area contributed by atoms with Crippen LogP contribution in [-0.2, 0) is 6.54 Å². The standard InChI is InChI=1S/C19H16N6O/c26-19(20-12-14-5-2-1-3-6-14)22-16-8-4-7-15(11-16)17-9-10-18-23-21-13-25(18)24-17/h1-11,13H,12H2,(H2,20,22,26). The molecule has 0 bridgehead atoms. The van der Waals surface area contributed by atoms with E-state index in [4.69, 9.17) is 0 Å². The number of rotatable bonds is 4. The van der Waals surface area contributed by atoms with Gasteiger partial charge in [-0.3, -0.25) is 0 Å². The molecule has 7 heteroatoms. The zero-order valence-corrected chi connectivity index (χ0v) is 13.8. The maximum absolute atomic E-state index is 12.1. The third-order valence-electron chi connectivity index (χ3n) is 3.87. The molecule has 2 aromatic heterocycles. The SMILES string of the molecule is O=C(NCc1ccccc1)Nc1cccc(-c2ccc3nncn3n2)c1. The Morgan fingerprint density at radius 2 is 1.88 bits per heavy atom. The Hall–Kier alpha value is -3.74. The third kappa shape index (κ3) is 3.51. The molecule has 2 heterocycles. The van der Waals surface area contributed by atoms with E-state index >= 15 is 0 Å². The van der Waals surface area contributed by atoms with Crippen molar-refractivity contribution in [1.82, 2.24) is 25.1 Å². The Kier molecular flexibility index (Phi) is 4.26. The quantitative estimate of drug-likeness (QED) is 0.596. The molecule has 4 aromatic rings. The number of amides is 2. The molecule has 0 radical (unpaired) electrons. The minimum atomic E-state index is -0.256. The van der Waals surface area contributed by atoms with Gasteiger partial charge < -0.3 is 10.6 Å². The van der Waals surface area contributed by atoms with Crippen LogP contribution in [0.4, 0.5) is 10.5 Å². The highest BCUT2D eigenvalue weighted by atomic mass is 16.2. The average Bonchev–Trinajstić information content (AvgIpc) is 3.15. The predicted octanol–water partition coefficient (Wildman–Crippen LogP) is 3.11. The second-order valence-electron chi connectivity index (χ2n) is 5.73. The van der Waals surface area contributed by atoms with E-state index in [-0.39, 0.29) is 6.03 Å². The Balaban J connectivity index is 1.46. The van der Waals surface area contributed by atoms with E-state index in [1.54, 1.807) is 10.8 Å². The second kappa shape index (κ2) is 7.02. The molecule has 26 heavy (non-hydrogen) atoms. The van der Waals surface area contributed by atoms with Crippen molar-refractivity contribution in [2.75, 3.05) is 5.32 Å². The topological polar surface area (TPSA) is 84.2 Å². The molecule has 2 aromatic carbocycles. The highest BCUT2D eigenvalue weighted by Crippen LogP contribution is 2.21. The van der Waals surface area contributed by atoms with Crippen LogP contribution in [-0.4, -0.2) is 25.8 Å². The molecular weight excluding hydrogens is 328 g/mol. The Morgan fingerprint density at radius 3 is 2.77 bits per heavy atom. The van der Waals surface area contributed by atoms with Crippen LogP contribution < -0.4 is 10.6 Å². The first-order valence-corrected chi connectivity index (χ1v) is 8.14. The van der Waals surface area contributed by atoms with Gasteiger partial charge in [-0.2, -0.15) is 9.61 Å². The van der Waals surface area contributed by atoms with Crippen molar-refractivity contribution >= 4 is 17.4 Å². The molecule has 0 fully saturated rings. The van der Waals surface area contributed by atoms with Crippen molar-refractivity contribution in [3.8, 4) is 11.3 Å². The first-order chi connectivity index (χ1) is 12.8. The van der Waals surface area contributed by atoms with Crippen LogP contribution in [0.5, 0.6) is 0 Å². The van der Waals surface area contributed by atoms with Crippen LogP contribution in [0.25, 0.3) is 16.9 Å². The molecule has 128 valence electrons. The van der Waals surface area contributed by atoms with Crippen molar-refractivity contribution in [2.24, 2.45) is 0 Å². The molecule has 0 spiro atoms. The van der Waals surface area contributed by atoms with Crippen molar-refractivity contribution < 1.29 is 4.79 Å². The zero-order valence-electron chi connectivity index (χ0n) is 13.8. The van der Waals surface area contributed by atoms with E-state index in [9.17, 15) is 4.79 Å². The lowest BCUT2D eigenvalue weighted by molar-refractivity contribution is 0.251. The number of carbonyl (C=O) groups excluding carboxylic acids is 1. The lowest BCUT2D eigenvalue weighted by atomic mass is 10.1. The minimum absolute atomic E-state index is 0.256. The lowest BCUT2D eigenvalue weighted by Gasteiger charge is -2.09. The fourth-order valence-corrected chi connectivity index (χ4v) is 2.59. The normalized spacial score (nSPS) is 10.6. The first kappa shape index (κ1) is 15.8. The molecule has 0 aliphatic rings. The number of carbonyl (C=O) groups is 1. The monoisotopic (exact) mass is 344 g/mol. The van der Waals surface area contributed by atoms with Gasteiger partial charge in [0, 0.05) is 17.8 Å². The summed E-state index contributed by atoms with van der Waals surface area (Å²) < 4.78 is 1.61. The number of urea groups is 1. The third-order valence-corrected chi connectivity index (χ3v) is 3.87. The van der Waals surface area contributed by atoms with E-state index in [1.165, 1.54) is 0 Å². The number of nitrogens with zero attached hydrogens (tertiary/aromatic N) is 4. The van der Waals surface area contributed by atoms with E-state index in [1.807, 2.05) is 66.7 Å². The zero-order chi connectivity index (χ0) is 17.8. The molecular formula is C19H16N6O. The van der Waals surface area contributed by atoms with Crippen molar-refractivity contribution in [3.63, 3.8) is 0 Å². The van der Waals surface area contributed by atoms with Gasteiger partial charge in [-0.15, -0.1) is 10.2 Å². The number of hydrogen-bond donors (Lipinski definition) is 2. The van der Waals surface area contributed by atoms with Gasteiger partial charge in [0.15, 0.2) is 5.65 Å². The van der Waals surface area contributed by atoms with Crippen molar-refractivity contribution in [3.05, 3.63) is 78.6 Å². The number of nitrogens with one attached hydrogen (secondary N) is 2. The number of hydrogen-bond acceptors (Lipinski definition) is 4. The summed E-state index contributed by atoms with van der Waals surface area (Å²) in [5.41, 5.74) is 4.08. The van der Waals surface area contributed by atoms with Gasteiger partial charge in [-0.25, -0.2) is 4.79 Å². The van der Waals surface area contributed by atoms with Crippen LogP contribution in [0.15, 0.2) is 73.1 Å². The molecule has 0 aliphatic carbocycles. The number of fused-ring (bicyclic) bond motifs is 1. The Labute approximate surface area is 149 Å². The van der Waals surface area contributed by atoms with E-state index in [0.717, 1.165) is 16.8 Å². The van der Waals surface area contributed by atoms with Gasteiger partial charge >= 0.3 is 6.03 Å². The Morgan fingerprint density at radius 1 is 1.00 bits per heavy atom. The average molecular weight is 344 g/mol. The molecule has 0 unspecified atom stereocenters. The van der Waals surface area contributed by atoms with Crippen molar-refractivity contribution in [2.45, 2.75) is 6.54 Å². The molecule has 4 rings (SSSR count). The van der Waals surface area contributed by atoms with E-state index in [0.29, 0.717) is 17.9 Å². The maximum atomic E-state index is 12.1. The molecule has 0 aliphatic heterocycles. The summed E-state index contributed by atoms with van der Waals surface area (Å²) in [5, 5.41) is 17.9. The van der Waals surface area contributed by atoms with Crippen LogP contribution in [0, 0.1) is 0 Å². The van der Waals surface area contributed by atoms with Gasteiger partial charge in [-0.1, -0.05) is 42.5 Å². The second-order valence-corrected chi connectivity index (χ2v) is 5.73. The van der Waals surface area contributed by atoms with E-state index in [2.05, 4.69) is 25.9 Å². The number of aromatic nitrogens is 4. The lowest BCUT2D eigenvalue weighted by Crippen LogP contribution is -2.28. The summed E-state index contributed by atoms with van der Waals surface area (Å²) >= 11 is 0. The summed E-state index contributed by atoms with van der Waals surface area (Å²) in [5.74, 6) is 0. The number of benzene rings is 2. The summed E-state index contributed by atoms with van der Waals surface area (Å²) in [4.78, 5) is 12.1. The summed E-state index contributed by atoms with van der Waals surface area (Å²) in [6.45, 7) is 0.470. The van der Waals surface area contributed by atoms with Crippen LogP contribution >= 0.6 is 0 Å². The molecule has 7 nitrogen and oxygen atoms in total. The fourth-order valence-electron chi connectivity index (χ4n) is 2.59. The first-order valence-electron chi connectivity index (χ1n) is 8.14. The molecule has 0 saturated heterocycles. The highest BCUT2D eigenvalue weighted by molar-refractivity contribution is 5.90. The predicted molar refractivity (Wildman–Crippen MR) is 98.5 cm³/mol. The van der Waals surface area contributed by atoms with Crippen LogP contribution in [0.3, 0.4) is 0 Å². The van der Waals surface area contributed by atoms with Gasteiger partial charge in [0.05, 0.1) is 5.69 Å². The van der Waals surface area contributed by atoms with Gasteiger partial charge in [0.25, 0.3) is 0 Å². The maximum Gasteiger partial charge on any atom is 0.319 e. The largest absolute Gasteiger partial charge is 0.334 e. The molecule has 0 atom stereocenters. The summed E-state index contributed by atoms with van der Waals surface area (Å²) in [7, 11) is 0. The minimum Gasteiger partial charge on any atom is -0.334 e. The summed E-state index contributed by atoms with van der Waals surface area (Å²) in [6, 6.07) is 20.8. The van der Waals surface area contributed by atoms with Crippen LogP contribution in [0.1, 0.15) is 5.56 Å². The fraction of sp³-hybridized carbons (Fsp3) is 0.0526. The van der Waals surface area contributed by atoms with Crippen molar-refractivity contribution in [1.29, 1.82) is 0 Å².